The molecule has 2 aromatic carbocycles. The van der Waals surface area contributed by atoms with Gasteiger partial charge < -0.3 is 15.4 Å². The molecule has 0 aliphatic heterocycles. The van der Waals surface area contributed by atoms with Crippen molar-refractivity contribution in [1.82, 2.24) is 4.90 Å². The van der Waals surface area contributed by atoms with Crippen LogP contribution < -0.4 is 5.73 Å². The molecular weight excluding hydrogens is 335 g/mol. The Morgan fingerprint density at radius 1 is 1.25 bits per heavy atom. The average molecular weight is 351 g/mol. The minimum absolute atomic E-state index is 0.0718. The SMILES string of the molecule is CN(Cc1ccccc1F)C(=O)COC(=O)c1cc(Cl)ccc1N. The van der Waals surface area contributed by atoms with Gasteiger partial charge in [-0.1, -0.05) is 29.8 Å². The van der Waals surface area contributed by atoms with Crippen LogP contribution in [0.15, 0.2) is 42.5 Å². The maximum absolute atomic E-state index is 13.6. The maximum atomic E-state index is 13.6. The van der Waals surface area contributed by atoms with E-state index in [-0.39, 0.29) is 17.8 Å². The number of carbonyl (C=O) groups is 2. The van der Waals surface area contributed by atoms with E-state index in [1.165, 1.54) is 30.1 Å². The Morgan fingerprint density at radius 2 is 1.96 bits per heavy atom. The zero-order valence-corrected chi connectivity index (χ0v) is 13.7. The highest BCUT2D eigenvalue weighted by Gasteiger charge is 2.16. The van der Waals surface area contributed by atoms with E-state index in [1.54, 1.807) is 24.3 Å². The maximum Gasteiger partial charge on any atom is 0.340 e. The number of nitrogens with zero attached hydrogens (tertiary/aromatic N) is 1. The van der Waals surface area contributed by atoms with Crippen LogP contribution in [0.4, 0.5) is 10.1 Å². The Hall–Kier alpha value is -2.60. The number of benzene rings is 2. The van der Waals surface area contributed by atoms with Crippen molar-refractivity contribution < 1.29 is 18.7 Å². The predicted octanol–water partition coefficient (Wildman–Crippen LogP) is 2.88. The molecule has 2 N–H and O–H groups in total. The molecule has 2 rings (SSSR count). The van der Waals surface area contributed by atoms with Gasteiger partial charge in [-0.25, -0.2) is 9.18 Å². The Balaban J connectivity index is 1.93. The van der Waals surface area contributed by atoms with E-state index >= 15 is 0 Å². The fourth-order valence-electron chi connectivity index (χ4n) is 1.99. The minimum Gasteiger partial charge on any atom is -0.452 e. The smallest absolute Gasteiger partial charge is 0.340 e. The highest BCUT2D eigenvalue weighted by Crippen LogP contribution is 2.18. The third-order valence-electron chi connectivity index (χ3n) is 3.35. The van der Waals surface area contributed by atoms with Crippen LogP contribution in [0.1, 0.15) is 15.9 Å². The molecule has 0 bridgehead atoms. The highest BCUT2D eigenvalue weighted by molar-refractivity contribution is 6.31. The van der Waals surface area contributed by atoms with E-state index < -0.39 is 24.3 Å². The molecule has 1 amide bonds. The molecule has 0 radical (unpaired) electrons. The summed E-state index contributed by atoms with van der Waals surface area (Å²) in [7, 11) is 1.50. The summed E-state index contributed by atoms with van der Waals surface area (Å²) in [6.07, 6.45) is 0. The van der Waals surface area contributed by atoms with Gasteiger partial charge in [-0.05, 0) is 24.3 Å². The van der Waals surface area contributed by atoms with Gasteiger partial charge in [-0.3, -0.25) is 4.79 Å². The number of hydrogen-bond donors (Lipinski definition) is 1. The molecule has 24 heavy (non-hydrogen) atoms. The van der Waals surface area contributed by atoms with Gasteiger partial charge in [0.1, 0.15) is 5.82 Å². The Bertz CT molecular complexity index is 767. The molecule has 0 atom stereocenters. The van der Waals surface area contributed by atoms with Crippen LogP contribution in [0, 0.1) is 5.82 Å². The van der Waals surface area contributed by atoms with Gasteiger partial charge in [0, 0.05) is 29.9 Å². The first-order valence-corrected chi connectivity index (χ1v) is 7.46. The molecule has 0 aliphatic rings. The number of nitrogen functional groups attached to an aromatic ring is 1. The fourth-order valence-corrected chi connectivity index (χ4v) is 2.16. The summed E-state index contributed by atoms with van der Waals surface area (Å²) in [5.41, 5.74) is 6.35. The van der Waals surface area contributed by atoms with Crippen molar-refractivity contribution in [2.45, 2.75) is 6.54 Å². The third kappa shape index (κ3) is 4.45. The largest absolute Gasteiger partial charge is 0.452 e. The summed E-state index contributed by atoms with van der Waals surface area (Å²) < 4.78 is 18.5. The molecule has 0 heterocycles. The van der Waals surface area contributed by atoms with E-state index in [4.69, 9.17) is 22.1 Å². The van der Waals surface area contributed by atoms with Gasteiger partial charge >= 0.3 is 5.97 Å². The van der Waals surface area contributed by atoms with Gasteiger partial charge in [-0.15, -0.1) is 0 Å². The first-order chi connectivity index (χ1) is 11.4. The lowest BCUT2D eigenvalue weighted by molar-refractivity contribution is -0.133. The first kappa shape index (κ1) is 17.7. The zero-order chi connectivity index (χ0) is 17.7. The molecule has 0 fully saturated rings. The second-order valence-electron chi connectivity index (χ2n) is 5.15. The van der Waals surface area contributed by atoms with Crippen molar-refractivity contribution in [3.63, 3.8) is 0 Å². The van der Waals surface area contributed by atoms with Crippen molar-refractivity contribution >= 4 is 29.2 Å². The molecular formula is C17H16ClFN2O3. The molecule has 0 aliphatic carbocycles. The standard InChI is InChI=1S/C17H16ClFN2O3/c1-21(9-11-4-2-3-5-14(11)19)16(22)10-24-17(23)13-8-12(18)6-7-15(13)20/h2-8H,9-10,20H2,1H3. The van der Waals surface area contributed by atoms with Gasteiger partial charge in [-0.2, -0.15) is 0 Å². The number of esters is 1. The molecule has 0 aromatic heterocycles. The number of nitrogens with two attached hydrogens (primary N) is 1. The Kier molecular flexibility index (Phi) is 5.76. The Morgan fingerprint density at radius 3 is 2.67 bits per heavy atom. The van der Waals surface area contributed by atoms with Crippen LogP contribution in [0.3, 0.4) is 0 Å². The number of amides is 1. The summed E-state index contributed by atoms with van der Waals surface area (Å²) in [6.45, 7) is -0.405. The summed E-state index contributed by atoms with van der Waals surface area (Å²) in [5.74, 6) is -1.62. The summed E-state index contributed by atoms with van der Waals surface area (Å²) >= 11 is 5.81. The number of likely N-dealkylation sites (N-methyl/N-ethyl adjacent to an activating group) is 1. The number of hydrogen-bond acceptors (Lipinski definition) is 4. The summed E-state index contributed by atoms with van der Waals surface area (Å²) in [6, 6.07) is 10.5. The van der Waals surface area contributed by atoms with Gasteiger partial charge in [0.15, 0.2) is 6.61 Å². The van der Waals surface area contributed by atoms with E-state index in [1.807, 2.05) is 0 Å². The molecule has 5 nitrogen and oxygen atoms in total. The highest BCUT2D eigenvalue weighted by atomic mass is 35.5. The van der Waals surface area contributed by atoms with Crippen molar-refractivity contribution in [1.29, 1.82) is 0 Å². The van der Waals surface area contributed by atoms with Gasteiger partial charge in [0.2, 0.25) is 0 Å². The zero-order valence-electron chi connectivity index (χ0n) is 13.0. The van der Waals surface area contributed by atoms with Crippen molar-refractivity contribution in [3.8, 4) is 0 Å². The summed E-state index contributed by atoms with van der Waals surface area (Å²) in [5, 5.41) is 0.333. The van der Waals surface area contributed by atoms with E-state index in [0.717, 1.165) is 0 Å². The number of anilines is 1. The van der Waals surface area contributed by atoms with Gasteiger partial charge in [0.05, 0.1) is 5.56 Å². The van der Waals surface area contributed by atoms with Crippen LogP contribution >= 0.6 is 11.6 Å². The van der Waals surface area contributed by atoms with Crippen molar-refractivity contribution in [2.75, 3.05) is 19.4 Å². The first-order valence-electron chi connectivity index (χ1n) is 7.08. The molecule has 2 aromatic rings. The Labute approximate surface area is 143 Å². The van der Waals surface area contributed by atoms with Crippen LogP contribution in [0.5, 0.6) is 0 Å². The lowest BCUT2D eigenvalue weighted by Crippen LogP contribution is -2.31. The molecule has 7 heteroatoms. The molecule has 0 saturated heterocycles. The number of carbonyl (C=O) groups excluding carboxylic acids is 2. The number of rotatable bonds is 5. The number of ether oxygens (including phenoxy) is 1. The van der Waals surface area contributed by atoms with Crippen LogP contribution in [-0.2, 0) is 16.1 Å². The molecule has 0 unspecified atom stereocenters. The third-order valence-corrected chi connectivity index (χ3v) is 3.59. The minimum atomic E-state index is -0.748. The number of halogens is 2. The van der Waals surface area contributed by atoms with Crippen LogP contribution in [-0.4, -0.2) is 30.4 Å². The monoisotopic (exact) mass is 350 g/mol. The van der Waals surface area contributed by atoms with Crippen molar-refractivity contribution in [3.05, 3.63) is 64.4 Å². The fraction of sp³-hybridized carbons (Fsp3) is 0.176. The lowest BCUT2D eigenvalue weighted by Gasteiger charge is -2.17. The van der Waals surface area contributed by atoms with Gasteiger partial charge in [0.25, 0.3) is 5.91 Å². The van der Waals surface area contributed by atoms with Crippen LogP contribution in [0.25, 0.3) is 0 Å². The average Bonchev–Trinajstić information content (AvgIpc) is 2.56. The van der Waals surface area contributed by atoms with Crippen LogP contribution in [0.2, 0.25) is 5.02 Å². The predicted molar refractivity (Wildman–Crippen MR) is 89.0 cm³/mol. The topological polar surface area (TPSA) is 72.6 Å². The van der Waals surface area contributed by atoms with E-state index in [9.17, 15) is 14.0 Å². The second-order valence-corrected chi connectivity index (χ2v) is 5.59. The molecule has 0 saturated carbocycles. The van der Waals surface area contributed by atoms with Crippen molar-refractivity contribution in [2.24, 2.45) is 0 Å². The quantitative estimate of drug-likeness (QED) is 0.664. The second kappa shape index (κ2) is 7.79. The van der Waals surface area contributed by atoms with E-state index in [0.29, 0.717) is 10.6 Å². The lowest BCUT2D eigenvalue weighted by atomic mass is 10.2. The van der Waals surface area contributed by atoms with E-state index in [2.05, 4.69) is 0 Å². The molecule has 0 spiro atoms. The summed E-state index contributed by atoms with van der Waals surface area (Å²) in [4.78, 5) is 25.3. The molecule has 126 valence electrons. The normalized spacial score (nSPS) is 10.3.